The number of thiophene rings is 1. The van der Waals surface area contributed by atoms with Gasteiger partial charge in [-0.05, 0) is 35.6 Å². The molecule has 0 fully saturated rings. The van der Waals surface area contributed by atoms with Gasteiger partial charge in [0.2, 0.25) is 5.28 Å². The Morgan fingerprint density at radius 1 is 1.00 bits per heavy atom. The summed E-state index contributed by atoms with van der Waals surface area (Å²) in [6, 6.07) is 8.60. The summed E-state index contributed by atoms with van der Waals surface area (Å²) in [5.74, 6) is 0. The van der Waals surface area contributed by atoms with Gasteiger partial charge in [0.15, 0.2) is 0 Å². The number of aryl methyl sites for hydroxylation is 2. The summed E-state index contributed by atoms with van der Waals surface area (Å²) < 4.78 is 0. The molecule has 5 heteroatoms. The lowest BCUT2D eigenvalue weighted by atomic mass is 10.0. The minimum absolute atomic E-state index is 0.198. The maximum Gasteiger partial charge on any atom is 0.225 e. The van der Waals surface area contributed by atoms with E-state index in [0.29, 0.717) is 5.15 Å². The zero-order chi connectivity index (χ0) is 15.0. The monoisotopic (exact) mass is 336 g/mol. The molecule has 0 amide bonds. The predicted octanol–water partition coefficient (Wildman–Crippen LogP) is 5.79. The summed E-state index contributed by atoms with van der Waals surface area (Å²) in [4.78, 5) is 10.5. The van der Waals surface area contributed by atoms with Crippen LogP contribution in [0.3, 0.4) is 0 Å². The SMILES string of the molecule is CCc1ccc(-c2c(CC)sc3nc(Cl)nc(Cl)c23)cc1. The predicted molar refractivity (Wildman–Crippen MR) is 91.6 cm³/mol. The first-order valence-electron chi connectivity index (χ1n) is 6.87. The van der Waals surface area contributed by atoms with Crippen LogP contribution >= 0.6 is 34.5 Å². The van der Waals surface area contributed by atoms with Gasteiger partial charge in [-0.25, -0.2) is 9.97 Å². The Balaban J connectivity index is 2.28. The van der Waals surface area contributed by atoms with Gasteiger partial charge in [-0.15, -0.1) is 11.3 Å². The molecular weight excluding hydrogens is 323 g/mol. The van der Waals surface area contributed by atoms with Gasteiger partial charge >= 0.3 is 0 Å². The summed E-state index contributed by atoms with van der Waals surface area (Å²) in [5, 5.41) is 1.53. The smallest absolute Gasteiger partial charge is 0.207 e. The van der Waals surface area contributed by atoms with Crippen LogP contribution < -0.4 is 0 Å². The van der Waals surface area contributed by atoms with E-state index >= 15 is 0 Å². The molecule has 0 aliphatic heterocycles. The Morgan fingerprint density at radius 3 is 2.33 bits per heavy atom. The van der Waals surface area contributed by atoms with Crippen molar-refractivity contribution >= 4 is 44.8 Å². The summed E-state index contributed by atoms with van der Waals surface area (Å²) in [7, 11) is 0. The van der Waals surface area contributed by atoms with Crippen molar-refractivity contribution in [1.29, 1.82) is 0 Å². The van der Waals surface area contributed by atoms with E-state index < -0.39 is 0 Å². The Kier molecular flexibility index (Phi) is 4.16. The number of nitrogens with zero attached hydrogens (tertiary/aromatic N) is 2. The van der Waals surface area contributed by atoms with E-state index in [0.717, 1.165) is 34.2 Å². The zero-order valence-electron chi connectivity index (χ0n) is 11.8. The fourth-order valence-electron chi connectivity index (χ4n) is 2.44. The summed E-state index contributed by atoms with van der Waals surface area (Å²) in [5.41, 5.74) is 3.62. The van der Waals surface area contributed by atoms with Crippen LogP contribution in [-0.4, -0.2) is 9.97 Å². The van der Waals surface area contributed by atoms with E-state index in [2.05, 4.69) is 48.1 Å². The molecule has 1 aromatic carbocycles. The van der Waals surface area contributed by atoms with E-state index in [1.807, 2.05) is 0 Å². The van der Waals surface area contributed by atoms with Gasteiger partial charge in [-0.2, -0.15) is 0 Å². The van der Waals surface area contributed by atoms with Crippen LogP contribution in [0.4, 0.5) is 0 Å². The molecule has 0 saturated carbocycles. The average Bonchev–Trinajstić information content (AvgIpc) is 2.86. The number of benzene rings is 1. The second kappa shape index (κ2) is 5.91. The molecule has 108 valence electrons. The second-order valence-electron chi connectivity index (χ2n) is 4.77. The van der Waals surface area contributed by atoms with Gasteiger partial charge in [0.05, 0.1) is 5.39 Å². The third kappa shape index (κ3) is 2.66. The molecule has 0 N–H and O–H groups in total. The van der Waals surface area contributed by atoms with Crippen molar-refractivity contribution in [3.8, 4) is 11.1 Å². The first kappa shape index (κ1) is 14.8. The number of hydrogen-bond donors (Lipinski definition) is 0. The van der Waals surface area contributed by atoms with Crippen LogP contribution in [0.15, 0.2) is 24.3 Å². The molecule has 21 heavy (non-hydrogen) atoms. The van der Waals surface area contributed by atoms with Gasteiger partial charge in [0, 0.05) is 10.4 Å². The number of halogens is 2. The van der Waals surface area contributed by atoms with E-state index in [1.165, 1.54) is 10.4 Å². The van der Waals surface area contributed by atoms with Crippen molar-refractivity contribution in [2.45, 2.75) is 26.7 Å². The third-order valence-corrected chi connectivity index (χ3v) is 5.20. The fourth-order valence-corrected chi connectivity index (χ4v) is 4.16. The quantitative estimate of drug-likeness (QED) is 0.446. The first-order chi connectivity index (χ1) is 10.1. The van der Waals surface area contributed by atoms with Crippen molar-refractivity contribution in [2.75, 3.05) is 0 Å². The number of fused-ring (bicyclic) bond motifs is 1. The Labute approximate surface area is 137 Å². The number of aromatic nitrogens is 2. The maximum atomic E-state index is 6.32. The topological polar surface area (TPSA) is 25.8 Å². The van der Waals surface area contributed by atoms with Gasteiger partial charge in [-0.1, -0.05) is 49.7 Å². The van der Waals surface area contributed by atoms with Crippen molar-refractivity contribution < 1.29 is 0 Å². The second-order valence-corrected chi connectivity index (χ2v) is 6.55. The van der Waals surface area contributed by atoms with Gasteiger partial charge in [0.25, 0.3) is 0 Å². The number of rotatable bonds is 3. The lowest BCUT2D eigenvalue weighted by molar-refractivity contribution is 1.14. The third-order valence-electron chi connectivity index (χ3n) is 3.53. The molecule has 0 unspecified atom stereocenters. The molecule has 0 aliphatic carbocycles. The highest BCUT2D eigenvalue weighted by Crippen LogP contribution is 2.41. The van der Waals surface area contributed by atoms with Crippen molar-refractivity contribution in [3.63, 3.8) is 0 Å². The van der Waals surface area contributed by atoms with Crippen LogP contribution in [0.2, 0.25) is 10.4 Å². The molecule has 0 bridgehead atoms. The summed E-state index contributed by atoms with van der Waals surface area (Å²) >= 11 is 13.9. The molecular formula is C16H14Cl2N2S. The molecule has 0 spiro atoms. The molecule has 3 aromatic rings. The lowest BCUT2D eigenvalue weighted by Crippen LogP contribution is -1.87. The van der Waals surface area contributed by atoms with Crippen molar-refractivity contribution in [2.24, 2.45) is 0 Å². The molecule has 0 saturated heterocycles. The molecule has 2 nitrogen and oxygen atoms in total. The molecule has 0 aliphatic rings. The van der Waals surface area contributed by atoms with E-state index in [9.17, 15) is 0 Å². The Bertz CT molecular complexity index is 794. The maximum absolute atomic E-state index is 6.32. The fraction of sp³-hybridized carbons (Fsp3) is 0.250. The average molecular weight is 337 g/mol. The summed E-state index contributed by atoms with van der Waals surface area (Å²) in [6.07, 6.45) is 1.96. The van der Waals surface area contributed by atoms with Crippen molar-refractivity contribution in [1.82, 2.24) is 9.97 Å². The van der Waals surface area contributed by atoms with Crippen LogP contribution in [0.1, 0.15) is 24.3 Å². The molecule has 2 heterocycles. The highest BCUT2D eigenvalue weighted by atomic mass is 35.5. The minimum atomic E-state index is 0.198. The number of hydrogen-bond acceptors (Lipinski definition) is 3. The Morgan fingerprint density at radius 2 is 1.71 bits per heavy atom. The van der Waals surface area contributed by atoms with E-state index in [4.69, 9.17) is 23.2 Å². The van der Waals surface area contributed by atoms with Gasteiger partial charge in [0.1, 0.15) is 9.98 Å². The molecule has 2 aromatic heterocycles. The first-order valence-corrected chi connectivity index (χ1v) is 8.45. The van der Waals surface area contributed by atoms with Crippen LogP contribution in [-0.2, 0) is 12.8 Å². The highest BCUT2D eigenvalue weighted by molar-refractivity contribution is 7.19. The standard InChI is InChI=1S/C16H14Cl2N2S/c1-3-9-5-7-10(8-6-9)12-11(4-2)21-15-13(12)14(17)19-16(18)20-15/h5-8H,3-4H2,1-2H3. The Hall–Kier alpha value is -1.16. The van der Waals surface area contributed by atoms with Crippen LogP contribution in [0.5, 0.6) is 0 Å². The molecule has 3 rings (SSSR count). The largest absolute Gasteiger partial charge is 0.225 e. The van der Waals surface area contributed by atoms with Gasteiger partial charge in [-0.3, -0.25) is 0 Å². The van der Waals surface area contributed by atoms with E-state index in [1.54, 1.807) is 11.3 Å². The van der Waals surface area contributed by atoms with Crippen LogP contribution in [0, 0.1) is 0 Å². The molecule has 0 radical (unpaired) electrons. The zero-order valence-corrected chi connectivity index (χ0v) is 14.1. The van der Waals surface area contributed by atoms with E-state index in [-0.39, 0.29) is 5.28 Å². The molecule has 0 atom stereocenters. The van der Waals surface area contributed by atoms with Crippen LogP contribution in [0.25, 0.3) is 21.3 Å². The minimum Gasteiger partial charge on any atom is -0.207 e. The normalized spacial score (nSPS) is 11.2. The van der Waals surface area contributed by atoms with Crippen molar-refractivity contribution in [3.05, 3.63) is 45.1 Å². The van der Waals surface area contributed by atoms with Gasteiger partial charge < -0.3 is 0 Å². The lowest BCUT2D eigenvalue weighted by Gasteiger charge is -2.05. The summed E-state index contributed by atoms with van der Waals surface area (Å²) in [6.45, 7) is 4.29. The highest BCUT2D eigenvalue weighted by Gasteiger charge is 2.18.